The molecule has 2 aromatic rings. The number of para-hydroxylation sites is 2. The molecule has 0 spiro atoms. The molecule has 0 radical (unpaired) electrons. The van der Waals surface area contributed by atoms with Crippen molar-refractivity contribution in [1.82, 2.24) is 14.9 Å². The fourth-order valence-electron chi connectivity index (χ4n) is 2.83. The molecule has 106 valence electrons. The molecule has 4 heteroatoms. The van der Waals surface area contributed by atoms with Crippen molar-refractivity contribution in [3.05, 3.63) is 36.4 Å². The molecule has 4 nitrogen and oxygen atoms in total. The molecule has 1 aromatic carbocycles. The Kier molecular flexibility index (Phi) is 3.74. The van der Waals surface area contributed by atoms with Crippen molar-refractivity contribution in [3.8, 4) is 0 Å². The second kappa shape index (κ2) is 5.67. The summed E-state index contributed by atoms with van der Waals surface area (Å²) in [5.74, 6) is 0.893. The van der Waals surface area contributed by atoms with Gasteiger partial charge in [-0.2, -0.15) is 0 Å². The van der Waals surface area contributed by atoms with Gasteiger partial charge in [-0.3, -0.25) is 4.90 Å². The van der Waals surface area contributed by atoms with Crippen LogP contribution < -0.4 is 5.32 Å². The highest BCUT2D eigenvalue weighted by Crippen LogP contribution is 2.18. The summed E-state index contributed by atoms with van der Waals surface area (Å²) < 4.78 is 0. The van der Waals surface area contributed by atoms with Gasteiger partial charge in [-0.1, -0.05) is 24.3 Å². The lowest BCUT2D eigenvalue weighted by molar-refractivity contribution is 0.235. The monoisotopic (exact) mass is 270 g/mol. The molecule has 1 aliphatic rings. The Labute approximate surface area is 119 Å². The van der Waals surface area contributed by atoms with Crippen LogP contribution in [0.15, 0.2) is 36.4 Å². The smallest absolute Gasteiger partial charge is 0.201 e. The number of benzene rings is 1. The average molecular weight is 270 g/mol. The second-order valence-electron chi connectivity index (χ2n) is 5.75. The van der Waals surface area contributed by atoms with Crippen molar-refractivity contribution in [2.45, 2.75) is 25.8 Å². The van der Waals surface area contributed by atoms with E-state index in [2.05, 4.69) is 39.8 Å². The van der Waals surface area contributed by atoms with Gasteiger partial charge in [0.15, 0.2) is 0 Å². The maximum atomic E-state index is 4.58. The number of aromatic amines is 1. The van der Waals surface area contributed by atoms with E-state index in [1.165, 1.54) is 5.57 Å². The average Bonchev–Trinajstić information content (AvgIpc) is 2.82. The van der Waals surface area contributed by atoms with E-state index in [0.29, 0.717) is 6.04 Å². The van der Waals surface area contributed by atoms with Gasteiger partial charge in [0.1, 0.15) is 0 Å². The lowest BCUT2D eigenvalue weighted by atomic mass is 10.0. The SMILES string of the molecule is C=C(C)CN1CCC(Nc2nc3ccccc3[nH]2)CC1. The van der Waals surface area contributed by atoms with Crippen LogP contribution in [0.2, 0.25) is 0 Å². The summed E-state index contributed by atoms with van der Waals surface area (Å²) in [7, 11) is 0. The van der Waals surface area contributed by atoms with Gasteiger partial charge in [0.2, 0.25) is 5.95 Å². The van der Waals surface area contributed by atoms with E-state index in [0.717, 1.165) is 49.5 Å². The van der Waals surface area contributed by atoms with Crippen LogP contribution in [0.1, 0.15) is 19.8 Å². The minimum Gasteiger partial charge on any atom is -0.353 e. The van der Waals surface area contributed by atoms with Gasteiger partial charge in [-0.25, -0.2) is 4.98 Å². The number of nitrogens with zero attached hydrogens (tertiary/aromatic N) is 2. The van der Waals surface area contributed by atoms with Crippen molar-refractivity contribution < 1.29 is 0 Å². The predicted octanol–water partition coefficient (Wildman–Crippen LogP) is 3.02. The Bertz CT molecular complexity index is 560. The molecule has 1 saturated heterocycles. The summed E-state index contributed by atoms with van der Waals surface area (Å²) in [6.45, 7) is 9.37. The summed E-state index contributed by atoms with van der Waals surface area (Å²) in [5.41, 5.74) is 3.36. The Balaban J connectivity index is 1.58. The summed E-state index contributed by atoms with van der Waals surface area (Å²) in [6, 6.07) is 8.65. The van der Waals surface area contributed by atoms with Crippen LogP contribution in [-0.4, -0.2) is 40.5 Å². The molecule has 0 atom stereocenters. The van der Waals surface area contributed by atoms with E-state index in [1.54, 1.807) is 0 Å². The number of likely N-dealkylation sites (tertiary alicyclic amines) is 1. The quantitative estimate of drug-likeness (QED) is 0.839. The first-order valence-corrected chi connectivity index (χ1v) is 7.29. The van der Waals surface area contributed by atoms with Crippen LogP contribution in [0.5, 0.6) is 0 Å². The first-order chi connectivity index (χ1) is 9.70. The van der Waals surface area contributed by atoms with E-state index in [-0.39, 0.29) is 0 Å². The number of anilines is 1. The number of hydrogen-bond acceptors (Lipinski definition) is 3. The number of aromatic nitrogens is 2. The number of hydrogen-bond donors (Lipinski definition) is 2. The first kappa shape index (κ1) is 13.2. The Hall–Kier alpha value is -1.81. The topological polar surface area (TPSA) is 44.0 Å². The third-order valence-corrected chi connectivity index (χ3v) is 3.81. The number of rotatable bonds is 4. The van der Waals surface area contributed by atoms with Crippen molar-refractivity contribution in [3.63, 3.8) is 0 Å². The molecule has 1 aliphatic heterocycles. The highest BCUT2D eigenvalue weighted by molar-refractivity contribution is 5.77. The number of imidazole rings is 1. The lowest BCUT2D eigenvalue weighted by Crippen LogP contribution is -2.39. The van der Waals surface area contributed by atoms with Gasteiger partial charge < -0.3 is 10.3 Å². The standard InChI is InChI=1S/C16H22N4/c1-12(2)11-20-9-7-13(8-10-20)17-16-18-14-5-3-4-6-15(14)19-16/h3-6,13H,1,7-11H2,2H3,(H2,17,18,19). The number of nitrogens with one attached hydrogen (secondary N) is 2. The Morgan fingerprint density at radius 1 is 1.40 bits per heavy atom. The number of H-pyrrole nitrogens is 1. The molecule has 0 unspecified atom stereocenters. The molecule has 1 aromatic heterocycles. The molecule has 0 aliphatic carbocycles. The maximum absolute atomic E-state index is 4.58. The van der Waals surface area contributed by atoms with Crippen LogP contribution in [-0.2, 0) is 0 Å². The largest absolute Gasteiger partial charge is 0.353 e. The van der Waals surface area contributed by atoms with Crippen molar-refractivity contribution in [2.24, 2.45) is 0 Å². The zero-order valence-electron chi connectivity index (χ0n) is 12.0. The molecule has 0 saturated carbocycles. The van der Waals surface area contributed by atoms with Gasteiger partial charge >= 0.3 is 0 Å². The van der Waals surface area contributed by atoms with Gasteiger partial charge in [0, 0.05) is 25.7 Å². The Morgan fingerprint density at radius 3 is 2.85 bits per heavy atom. The van der Waals surface area contributed by atoms with E-state index >= 15 is 0 Å². The fourth-order valence-corrected chi connectivity index (χ4v) is 2.83. The zero-order valence-corrected chi connectivity index (χ0v) is 12.0. The van der Waals surface area contributed by atoms with E-state index in [1.807, 2.05) is 18.2 Å². The van der Waals surface area contributed by atoms with Crippen LogP contribution in [0.25, 0.3) is 11.0 Å². The van der Waals surface area contributed by atoms with Gasteiger partial charge in [-0.15, -0.1) is 0 Å². The van der Waals surface area contributed by atoms with Crippen LogP contribution >= 0.6 is 0 Å². The van der Waals surface area contributed by atoms with E-state index in [4.69, 9.17) is 0 Å². The zero-order chi connectivity index (χ0) is 13.9. The fraction of sp³-hybridized carbons (Fsp3) is 0.438. The number of fused-ring (bicyclic) bond motifs is 1. The summed E-state index contributed by atoms with van der Waals surface area (Å²) in [4.78, 5) is 10.4. The van der Waals surface area contributed by atoms with E-state index in [9.17, 15) is 0 Å². The van der Waals surface area contributed by atoms with Crippen LogP contribution in [0.3, 0.4) is 0 Å². The van der Waals surface area contributed by atoms with Gasteiger partial charge in [-0.05, 0) is 31.9 Å². The molecule has 2 heterocycles. The summed E-state index contributed by atoms with van der Waals surface area (Å²) in [5, 5.41) is 3.53. The van der Waals surface area contributed by atoms with Gasteiger partial charge in [0.25, 0.3) is 0 Å². The van der Waals surface area contributed by atoms with Crippen LogP contribution in [0, 0.1) is 0 Å². The number of piperidine rings is 1. The van der Waals surface area contributed by atoms with Gasteiger partial charge in [0.05, 0.1) is 11.0 Å². The molecular formula is C16H22N4. The molecule has 20 heavy (non-hydrogen) atoms. The van der Waals surface area contributed by atoms with E-state index < -0.39 is 0 Å². The molecule has 1 fully saturated rings. The molecule has 0 bridgehead atoms. The Morgan fingerprint density at radius 2 is 2.15 bits per heavy atom. The highest BCUT2D eigenvalue weighted by atomic mass is 15.2. The summed E-state index contributed by atoms with van der Waals surface area (Å²) >= 11 is 0. The van der Waals surface area contributed by atoms with Crippen molar-refractivity contribution in [2.75, 3.05) is 25.0 Å². The summed E-state index contributed by atoms with van der Waals surface area (Å²) in [6.07, 6.45) is 2.31. The van der Waals surface area contributed by atoms with Crippen molar-refractivity contribution in [1.29, 1.82) is 0 Å². The predicted molar refractivity (Wildman–Crippen MR) is 84.0 cm³/mol. The normalized spacial score (nSPS) is 17.4. The van der Waals surface area contributed by atoms with Crippen molar-refractivity contribution >= 4 is 17.0 Å². The minimum atomic E-state index is 0.511. The second-order valence-corrected chi connectivity index (χ2v) is 5.75. The minimum absolute atomic E-state index is 0.511. The highest BCUT2D eigenvalue weighted by Gasteiger charge is 2.19. The molecule has 2 N–H and O–H groups in total. The lowest BCUT2D eigenvalue weighted by Gasteiger charge is -2.32. The van der Waals surface area contributed by atoms with Crippen LogP contribution in [0.4, 0.5) is 5.95 Å². The molecule has 0 amide bonds. The molecule has 3 rings (SSSR count). The first-order valence-electron chi connectivity index (χ1n) is 7.29. The molecular weight excluding hydrogens is 248 g/mol. The maximum Gasteiger partial charge on any atom is 0.201 e. The third kappa shape index (κ3) is 3.02. The third-order valence-electron chi connectivity index (χ3n) is 3.81.